The molecule has 40 heavy (non-hydrogen) atoms. The van der Waals surface area contributed by atoms with Gasteiger partial charge in [-0.25, -0.2) is 13.6 Å². The third-order valence-electron chi connectivity index (χ3n) is 7.03. The summed E-state index contributed by atoms with van der Waals surface area (Å²) in [4.78, 5) is 51.3. The number of piperidine rings is 1. The van der Waals surface area contributed by atoms with E-state index >= 15 is 0 Å². The van der Waals surface area contributed by atoms with Crippen molar-refractivity contribution in [3.05, 3.63) is 65.2 Å². The van der Waals surface area contributed by atoms with Crippen LogP contribution in [-0.2, 0) is 25.7 Å². The van der Waals surface area contributed by atoms with Crippen LogP contribution < -0.4 is 10.1 Å². The van der Waals surface area contributed by atoms with Crippen molar-refractivity contribution in [1.82, 2.24) is 10.2 Å². The van der Waals surface area contributed by atoms with Crippen LogP contribution in [0.25, 0.3) is 0 Å². The SMILES string of the molecule is O=C(O)CC(NC(=O)C1CC2CCC(C1)N2C(=O)OCc1ccccc1)C(=O)COc1c(F)c(F)cc(F)c1F. The van der Waals surface area contributed by atoms with E-state index < -0.39 is 77.8 Å². The van der Waals surface area contributed by atoms with Crippen LogP contribution in [0.3, 0.4) is 0 Å². The Labute approximate surface area is 226 Å². The number of aliphatic carboxylic acids is 1. The summed E-state index contributed by atoms with van der Waals surface area (Å²) >= 11 is 0. The highest BCUT2D eigenvalue weighted by atomic mass is 19.2. The molecule has 2 saturated heterocycles. The van der Waals surface area contributed by atoms with Crippen LogP contribution in [-0.4, -0.2) is 58.5 Å². The van der Waals surface area contributed by atoms with Crippen molar-refractivity contribution in [2.45, 2.75) is 56.8 Å². The van der Waals surface area contributed by atoms with Crippen molar-refractivity contribution in [2.75, 3.05) is 6.61 Å². The van der Waals surface area contributed by atoms with Crippen LogP contribution in [0.4, 0.5) is 22.4 Å². The van der Waals surface area contributed by atoms with E-state index in [9.17, 15) is 41.8 Å². The maximum atomic E-state index is 13.8. The van der Waals surface area contributed by atoms with Gasteiger partial charge in [0.1, 0.15) is 19.3 Å². The molecule has 2 aromatic carbocycles. The molecule has 9 nitrogen and oxygen atoms in total. The number of carboxylic acids is 1. The highest BCUT2D eigenvalue weighted by Crippen LogP contribution is 2.39. The summed E-state index contributed by atoms with van der Waals surface area (Å²) in [5.41, 5.74) is 0.823. The van der Waals surface area contributed by atoms with Gasteiger partial charge in [-0.1, -0.05) is 30.3 Å². The van der Waals surface area contributed by atoms with E-state index in [0.29, 0.717) is 12.8 Å². The van der Waals surface area contributed by atoms with Gasteiger partial charge in [-0.2, -0.15) is 8.78 Å². The molecule has 0 saturated carbocycles. The van der Waals surface area contributed by atoms with Gasteiger partial charge in [0.25, 0.3) is 0 Å². The Morgan fingerprint density at radius 1 is 0.975 bits per heavy atom. The number of fused-ring (bicyclic) bond motifs is 2. The molecule has 2 heterocycles. The minimum absolute atomic E-state index is 0.0335. The number of rotatable bonds is 10. The molecule has 2 N–H and O–H groups in total. The van der Waals surface area contributed by atoms with E-state index in [4.69, 9.17) is 4.74 Å². The van der Waals surface area contributed by atoms with Gasteiger partial charge in [0, 0.05) is 24.1 Å². The van der Waals surface area contributed by atoms with Crippen LogP contribution in [0.2, 0.25) is 0 Å². The van der Waals surface area contributed by atoms with Gasteiger partial charge in [-0.15, -0.1) is 0 Å². The van der Waals surface area contributed by atoms with Gasteiger partial charge in [-0.05, 0) is 31.2 Å². The highest BCUT2D eigenvalue weighted by molar-refractivity contribution is 5.93. The maximum Gasteiger partial charge on any atom is 0.410 e. The zero-order valence-electron chi connectivity index (χ0n) is 21.1. The van der Waals surface area contributed by atoms with E-state index in [1.807, 2.05) is 30.3 Å². The number of carboxylic acid groups (broad SMARTS) is 1. The monoisotopic (exact) mass is 566 g/mol. The largest absolute Gasteiger partial charge is 0.481 e. The molecular formula is C27H26F4N2O7. The van der Waals surface area contributed by atoms with Crippen molar-refractivity contribution in [3.8, 4) is 5.75 Å². The summed E-state index contributed by atoms with van der Waals surface area (Å²) in [6, 6.07) is 6.88. The number of ether oxygens (including phenoxy) is 2. The normalized spacial score (nSPS) is 20.5. The van der Waals surface area contributed by atoms with Crippen LogP contribution in [0.15, 0.2) is 36.4 Å². The first-order chi connectivity index (χ1) is 19.0. The topological polar surface area (TPSA) is 122 Å². The Morgan fingerprint density at radius 3 is 2.15 bits per heavy atom. The number of amides is 2. The molecule has 2 fully saturated rings. The summed E-state index contributed by atoms with van der Waals surface area (Å²) in [6.07, 6.45) is 0.426. The Bertz CT molecular complexity index is 1250. The van der Waals surface area contributed by atoms with E-state index in [-0.39, 0.29) is 37.6 Å². The fourth-order valence-electron chi connectivity index (χ4n) is 5.11. The zero-order chi connectivity index (χ0) is 29.0. The first-order valence-corrected chi connectivity index (χ1v) is 12.5. The minimum atomic E-state index is -1.87. The molecule has 4 rings (SSSR count). The van der Waals surface area contributed by atoms with Crippen LogP contribution in [0.5, 0.6) is 5.75 Å². The molecule has 0 aliphatic carbocycles. The second-order valence-electron chi connectivity index (χ2n) is 9.71. The molecule has 3 atom stereocenters. The number of halogens is 4. The van der Waals surface area contributed by atoms with Crippen LogP contribution in [0, 0.1) is 29.2 Å². The van der Waals surface area contributed by atoms with E-state index in [1.165, 1.54) is 0 Å². The first-order valence-electron chi connectivity index (χ1n) is 12.5. The molecule has 2 amide bonds. The number of hydrogen-bond donors (Lipinski definition) is 2. The molecule has 2 aliphatic rings. The van der Waals surface area contributed by atoms with Crippen LogP contribution in [0.1, 0.15) is 37.7 Å². The average molecular weight is 567 g/mol. The molecule has 2 aromatic rings. The van der Waals surface area contributed by atoms with Crippen molar-refractivity contribution >= 4 is 23.8 Å². The number of benzene rings is 2. The first kappa shape index (κ1) is 28.8. The summed E-state index contributed by atoms with van der Waals surface area (Å²) in [5, 5.41) is 11.5. The lowest BCUT2D eigenvalue weighted by molar-refractivity contribution is -0.141. The number of carbonyl (C=O) groups is 4. The van der Waals surface area contributed by atoms with Gasteiger partial charge < -0.3 is 24.8 Å². The van der Waals surface area contributed by atoms with E-state index in [1.54, 1.807) is 4.90 Å². The fourth-order valence-corrected chi connectivity index (χ4v) is 5.11. The van der Waals surface area contributed by atoms with Gasteiger partial charge in [0.15, 0.2) is 23.2 Å². The smallest absolute Gasteiger partial charge is 0.410 e. The van der Waals surface area contributed by atoms with Gasteiger partial charge >= 0.3 is 12.1 Å². The molecule has 0 radical (unpaired) electrons. The minimum Gasteiger partial charge on any atom is -0.481 e. The van der Waals surface area contributed by atoms with E-state index in [0.717, 1.165) is 5.56 Å². The molecule has 13 heteroatoms. The quantitative estimate of drug-likeness (QED) is 0.332. The Hall–Kier alpha value is -4.16. The summed E-state index contributed by atoms with van der Waals surface area (Å²) in [6.45, 7) is -1.07. The van der Waals surface area contributed by atoms with Gasteiger partial charge in [0.2, 0.25) is 17.5 Å². The summed E-state index contributed by atoms with van der Waals surface area (Å²) < 4.78 is 64.6. The number of nitrogens with zero attached hydrogens (tertiary/aromatic N) is 1. The third kappa shape index (κ3) is 6.52. The summed E-state index contributed by atoms with van der Waals surface area (Å²) in [7, 11) is 0. The second-order valence-corrected chi connectivity index (χ2v) is 9.71. The number of nitrogens with one attached hydrogen (secondary N) is 1. The van der Waals surface area contributed by atoms with Crippen molar-refractivity contribution in [3.63, 3.8) is 0 Å². The lowest BCUT2D eigenvalue weighted by atomic mass is 9.89. The Balaban J connectivity index is 1.36. The predicted octanol–water partition coefficient (Wildman–Crippen LogP) is 3.73. The Kier molecular flexibility index (Phi) is 8.90. The second kappa shape index (κ2) is 12.3. The lowest BCUT2D eigenvalue weighted by Gasteiger charge is -2.37. The average Bonchev–Trinajstić information content (AvgIpc) is 3.19. The lowest BCUT2D eigenvalue weighted by Crippen LogP contribution is -2.52. The predicted molar refractivity (Wildman–Crippen MR) is 129 cm³/mol. The van der Waals surface area contributed by atoms with Crippen molar-refractivity contribution < 1.29 is 51.3 Å². The fraction of sp³-hybridized carbons (Fsp3) is 0.407. The molecule has 2 aliphatic heterocycles. The standard InChI is InChI=1S/C27H26F4N2O7/c28-18-10-19(29)24(31)25(23(18)30)39-13-21(34)20(11-22(35)36)32-26(37)15-8-16-6-7-17(9-15)33(16)27(38)40-12-14-4-2-1-3-5-14/h1-5,10,15-17,20H,6-9,11-13H2,(H,32,37)(H,35,36). The summed E-state index contributed by atoms with van der Waals surface area (Å²) in [5.74, 6) is -12.5. The van der Waals surface area contributed by atoms with Gasteiger partial charge in [0.05, 0.1) is 6.42 Å². The highest BCUT2D eigenvalue weighted by Gasteiger charge is 2.46. The molecule has 3 unspecified atom stereocenters. The number of hydrogen-bond acceptors (Lipinski definition) is 6. The number of ketones is 1. The molecule has 2 bridgehead atoms. The Morgan fingerprint density at radius 2 is 1.57 bits per heavy atom. The van der Waals surface area contributed by atoms with Gasteiger partial charge in [-0.3, -0.25) is 14.4 Å². The maximum absolute atomic E-state index is 13.8. The molecular weight excluding hydrogens is 540 g/mol. The molecule has 0 aromatic heterocycles. The number of carbonyl (C=O) groups excluding carboxylic acids is 3. The molecule has 214 valence electrons. The zero-order valence-corrected chi connectivity index (χ0v) is 21.1. The molecule has 0 spiro atoms. The van der Waals surface area contributed by atoms with Crippen molar-refractivity contribution in [2.24, 2.45) is 5.92 Å². The number of Topliss-reactive ketones (excluding diaryl/α,β-unsaturated/α-hetero) is 1. The van der Waals surface area contributed by atoms with Crippen LogP contribution >= 0.6 is 0 Å². The third-order valence-corrected chi connectivity index (χ3v) is 7.03. The van der Waals surface area contributed by atoms with Crippen molar-refractivity contribution in [1.29, 1.82) is 0 Å². The van der Waals surface area contributed by atoms with E-state index in [2.05, 4.69) is 10.1 Å².